The van der Waals surface area contributed by atoms with Crippen molar-refractivity contribution in [1.82, 2.24) is 0 Å². The number of rotatable bonds is 76. The van der Waals surface area contributed by atoms with Crippen LogP contribution in [0.25, 0.3) is 0 Å². The Morgan fingerprint density at radius 2 is 0.505 bits per heavy atom. The Morgan fingerprint density at radius 1 is 0.276 bits per heavy atom. The van der Waals surface area contributed by atoms with Crippen molar-refractivity contribution in [1.29, 1.82) is 0 Å². The summed E-state index contributed by atoms with van der Waals surface area (Å²) in [6.07, 6.45) is 98.4. The summed E-state index contributed by atoms with van der Waals surface area (Å²) < 4.78 is 61.2. The van der Waals surface area contributed by atoms with Gasteiger partial charge in [0.05, 0.1) is 26.4 Å². The quantitative estimate of drug-likeness (QED) is 0.0146. The summed E-state index contributed by atoms with van der Waals surface area (Å²) in [5.41, 5.74) is 0. The Kier molecular flexibility index (Phi) is 75.1. The lowest BCUT2D eigenvalue weighted by Gasteiger charge is -2.21. The molecular weight excluding hydrogens is 1360 g/mol. The molecule has 0 amide bonds. The molecule has 0 saturated heterocycles. The minimum atomic E-state index is -4.95. The second kappa shape index (κ2) is 78.7. The van der Waals surface area contributed by atoms with Crippen LogP contribution < -0.4 is 0 Å². The van der Waals surface area contributed by atoms with Crippen molar-refractivity contribution in [3.8, 4) is 0 Å². The van der Waals surface area contributed by atoms with Crippen LogP contribution >= 0.6 is 15.6 Å². The number of carbonyl (C=O) groups excluding carboxylic acids is 3. The average molecular weight is 1510 g/mol. The van der Waals surface area contributed by atoms with Crippen LogP contribution in [0.2, 0.25) is 0 Å². The lowest BCUT2D eigenvalue weighted by molar-refractivity contribution is -0.161. The maximum absolute atomic E-state index is 13.0. The molecule has 0 aliphatic rings. The van der Waals surface area contributed by atoms with E-state index in [0.717, 1.165) is 186 Å². The van der Waals surface area contributed by atoms with Gasteiger partial charge in [0, 0.05) is 19.3 Å². The first-order chi connectivity index (χ1) is 51.2. The van der Waals surface area contributed by atoms with Gasteiger partial charge in [-0.25, -0.2) is 9.13 Å². The average Bonchev–Trinajstić information content (AvgIpc) is 0.921. The van der Waals surface area contributed by atoms with E-state index in [2.05, 4.69) is 179 Å². The number of aliphatic hydroxyl groups is 2. The Balaban J connectivity index is 4.65. The van der Waals surface area contributed by atoms with Crippen LogP contribution in [0.4, 0.5) is 0 Å². The zero-order valence-corrected chi connectivity index (χ0v) is 67.4. The molecule has 105 heavy (non-hydrogen) atoms. The summed E-state index contributed by atoms with van der Waals surface area (Å²) in [5.74, 6) is -1.61. The molecule has 4 N–H and O–H groups in total. The molecule has 5 atom stereocenters. The number of aliphatic hydroxyl groups excluding tert-OH is 2. The summed E-state index contributed by atoms with van der Waals surface area (Å²) in [7, 11) is -9.81. The Hall–Kier alpha value is -4.83. The largest absolute Gasteiger partial charge is 0.472 e. The minimum Gasteiger partial charge on any atom is -0.463 e. The molecule has 0 aromatic rings. The normalized spacial score (nSPS) is 14.8. The van der Waals surface area contributed by atoms with Gasteiger partial charge in [0.25, 0.3) is 0 Å². The van der Waals surface area contributed by atoms with Crippen LogP contribution in [-0.2, 0) is 55.8 Å². The van der Waals surface area contributed by atoms with E-state index in [0.29, 0.717) is 19.3 Å². The van der Waals surface area contributed by atoms with E-state index in [-0.39, 0.29) is 19.3 Å². The molecular formula is C87H146O16P2. The SMILES string of the molecule is CC/C=C\C/C=C\C/C=C\C/C=C\C/C=C\CCCCCCCCCC(=O)OCC(COP(=O)(O)OCC(O)COP(=O)(O)OCC(O)COC(=O)CCCCCCCCCCCCC/C=C\C/C=C\C/C=C\C/C=C\CCCCC)OC(=O)CCCCCCCC/C=C\C/C=C\C/C=C\C/C=C\CC. The van der Waals surface area contributed by atoms with E-state index >= 15 is 0 Å². The predicted molar refractivity (Wildman–Crippen MR) is 435 cm³/mol. The Labute approximate surface area is 638 Å². The number of ether oxygens (including phenoxy) is 3. The second-order valence-electron chi connectivity index (χ2n) is 26.8. The molecule has 0 heterocycles. The zero-order valence-electron chi connectivity index (χ0n) is 65.6. The highest BCUT2D eigenvalue weighted by atomic mass is 31.2. The highest BCUT2D eigenvalue weighted by Crippen LogP contribution is 2.45. The number of carbonyl (C=O) groups is 3. The fraction of sp³-hybridized carbons (Fsp3) is 0.667. The molecule has 0 fully saturated rings. The van der Waals surface area contributed by atoms with Crippen LogP contribution in [-0.4, -0.2) is 95.9 Å². The highest BCUT2D eigenvalue weighted by molar-refractivity contribution is 7.47. The van der Waals surface area contributed by atoms with Crippen molar-refractivity contribution < 1.29 is 75.8 Å². The fourth-order valence-corrected chi connectivity index (χ4v) is 12.2. The van der Waals surface area contributed by atoms with E-state index < -0.39 is 91.5 Å². The highest BCUT2D eigenvalue weighted by Gasteiger charge is 2.29. The third-order valence-corrected chi connectivity index (χ3v) is 18.6. The topological polar surface area (TPSA) is 231 Å². The molecule has 0 bridgehead atoms. The third-order valence-electron chi connectivity index (χ3n) is 16.7. The lowest BCUT2D eigenvalue weighted by atomic mass is 10.0. The van der Waals surface area contributed by atoms with Crippen LogP contribution in [0.5, 0.6) is 0 Å². The summed E-state index contributed by atoms with van der Waals surface area (Å²) in [6, 6.07) is 0. The molecule has 0 spiro atoms. The van der Waals surface area contributed by atoms with E-state index in [9.17, 15) is 43.5 Å². The van der Waals surface area contributed by atoms with Gasteiger partial charge < -0.3 is 34.2 Å². The van der Waals surface area contributed by atoms with Gasteiger partial charge in [-0.2, -0.15) is 0 Å². The van der Waals surface area contributed by atoms with Crippen LogP contribution in [0, 0.1) is 0 Å². The first-order valence-corrected chi connectivity index (χ1v) is 43.8. The molecule has 0 radical (unpaired) electrons. The number of phosphoric ester groups is 2. The van der Waals surface area contributed by atoms with E-state index in [1.807, 2.05) is 0 Å². The summed E-state index contributed by atoms with van der Waals surface area (Å²) >= 11 is 0. The van der Waals surface area contributed by atoms with Gasteiger partial charge in [-0.3, -0.25) is 32.5 Å². The van der Waals surface area contributed by atoms with Gasteiger partial charge in [-0.05, 0) is 148 Å². The number of hydrogen-bond acceptors (Lipinski definition) is 14. The van der Waals surface area contributed by atoms with Gasteiger partial charge in [0.2, 0.25) is 0 Å². The van der Waals surface area contributed by atoms with Crippen molar-refractivity contribution in [2.24, 2.45) is 0 Å². The van der Waals surface area contributed by atoms with Crippen molar-refractivity contribution >= 4 is 33.6 Å². The molecule has 0 aliphatic carbocycles. The second-order valence-corrected chi connectivity index (χ2v) is 29.7. The number of phosphoric acid groups is 2. The summed E-state index contributed by atoms with van der Waals surface area (Å²) in [6.45, 7) is 2.40. The van der Waals surface area contributed by atoms with Crippen molar-refractivity contribution in [2.75, 3.05) is 39.6 Å². The zero-order chi connectivity index (χ0) is 76.6. The number of allylic oxidation sites excluding steroid dienone is 26. The molecule has 0 aromatic heterocycles. The predicted octanol–water partition coefficient (Wildman–Crippen LogP) is 24.2. The number of unbranched alkanes of at least 4 members (excludes halogenated alkanes) is 27. The number of esters is 3. The third kappa shape index (κ3) is 80.0. The Morgan fingerprint density at radius 3 is 0.800 bits per heavy atom. The number of hydrogen-bond donors (Lipinski definition) is 4. The van der Waals surface area contributed by atoms with Crippen LogP contribution in [0.1, 0.15) is 316 Å². The van der Waals surface area contributed by atoms with Crippen molar-refractivity contribution in [2.45, 2.75) is 334 Å². The maximum Gasteiger partial charge on any atom is 0.472 e. The summed E-state index contributed by atoms with van der Waals surface area (Å²) in [5, 5.41) is 20.7. The van der Waals surface area contributed by atoms with Gasteiger partial charge >= 0.3 is 33.6 Å². The molecule has 5 unspecified atom stereocenters. The molecule has 0 saturated carbocycles. The Bertz CT molecular complexity index is 2540. The molecule has 18 heteroatoms. The van der Waals surface area contributed by atoms with Crippen LogP contribution in [0.15, 0.2) is 158 Å². The van der Waals surface area contributed by atoms with Gasteiger partial charge in [-0.1, -0.05) is 307 Å². The first kappa shape index (κ1) is 100. The molecule has 0 rings (SSSR count). The molecule has 0 aliphatic heterocycles. The lowest BCUT2D eigenvalue weighted by Crippen LogP contribution is -2.30. The standard InChI is InChI=1S/C87H146O16P2/c1-4-7-10-13-16-19-22-25-28-31-34-36-38-39-40-41-43-45-47-49-52-55-58-61-64-67-70-73-85(90)97-76-82(88)77-99-104(93,94)100-78-83(89)79-101-105(95,96)102-81-84(103-87(92)75-72-69-66-63-60-57-54-51-46-33-30-27-24-21-18-15-12-9-6-3)80-98-86(91)74-71-68-65-62-59-56-53-50-48-44-42-37-35-32-29-26-23-20-17-14-11-8-5-2/h8-9,11-12,16-21,25-30,34-37,39-40,44,46,48,51,82-84,88-89H,4-7,10,13-15,22-24,31-33,38,41-43,45,47,49-50,52-81H2,1-3H3,(H,93,94)(H,95,96)/b11-8-,12-9-,19-16-,20-17-,21-18-,28-25-,29-26-,30-27-,36-34-,37-35-,40-39-,48-44-,51-46-. The monoisotopic (exact) mass is 1510 g/mol. The molecule has 600 valence electrons. The molecule has 16 nitrogen and oxygen atoms in total. The van der Waals surface area contributed by atoms with Crippen LogP contribution in [0.3, 0.4) is 0 Å². The van der Waals surface area contributed by atoms with Crippen molar-refractivity contribution in [3.05, 3.63) is 158 Å². The molecule has 0 aromatic carbocycles. The van der Waals surface area contributed by atoms with E-state index in [1.54, 1.807) is 0 Å². The van der Waals surface area contributed by atoms with Crippen molar-refractivity contribution in [3.63, 3.8) is 0 Å². The first-order valence-electron chi connectivity index (χ1n) is 40.8. The fourth-order valence-electron chi connectivity index (χ4n) is 10.6. The van der Waals surface area contributed by atoms with Gasteiger partial charge in [-0.15, -0.1) is 0 Å². The van der Waals surface area contributed by atoms with E-state index in [1.165, 1.54) is 70.6 Å². The smallest absolute Gasteiger partial charge is 0.463 e. The van der Waals surface area contributed by atoms with Gasteiger partial charge in [0.1, 0.15) is 25.4 Å². The minimum absolute atomic E-state index is 0.0804. The van der Waals surface area contributed by atoms with Gasteiger partial charge in [0.15, 0.2) is 6.10 Å². The summed E-state index contributed by atoms with van der Waals surface area (Å²) in [4.78, 5) is 58.8. The van der Waals surface area contributed by atoms with E-state index in [4.69, 9.17) is 32.3 Å². The maximum atomic E-state index is 13.0.